The Morgan fingerprint density at radius 1 is 1.50 bits per heavy atom. The van der Waals surface area contributed by atoms with Crippen molar-refractivity contribution in [2.45, 2.75) is 18.7 Å². The van der Waals surface area contributed by atoms with Crippen LogP contribution in [0.15, 0.2) is 16.6 Å². The normalized spacial score (nSPS) is 10.2. The number of esters is 1. The van der Waals surface area contributed by atoms with E-state index in [9.17, 15) is 4.79 Å². The van der Waals surface area contributed by atoms with Crippen LogP contribution >= 0.6 is 43.5 Å². The molecule has 0 bridgehead atoms. The van der Waals surface area contributed by atoms with Gasteiger partial charge in [-0.15, -0.1) is 0 Å². The molecule has 0 spiro atoms. The summed E-state index contributed by atoms with van der Waals surface area (Å²) < 4.78 is 5.77. The standard InChI is InChI=1S/C11H11Br2ClO2/c1-2-16-11(15)4-7-3-8(13)5-10(14)9(7)6-12/h3,5H,2,4,6H2,1H3. The first-order valence-corrected chi connectivity index (χ1v) is 7.06. The van der Waals surface area contributed by atoms with Gasteiger partial charge in [-0.05, 0) is 30.2 Å². The van der Waals surface area contributed by atoms with Gasteiger partial charge in [-0.2, -0.15) is 0 Å². The maximum atomic E-state index is 11.4. The molecule has 0 aliphatic heterocycles. The van der Waals surface area contributed by atoms with Gasteiger partial charge in [0.1, 0.15) is 0 Å². The Hall–Kier alpha value is -0.0600. The van der Waals surface area contributed by atoms with Crippen LogP contribution in [-0.4, -0.2) is 12.6 Å². The van der Waals surface area contributed by atoms with Gasteiger partial charge in [-0.1, -0.05) is 43.5 Å². The maximum Gasteiger partial charge on any atom is 0.310 e. The van der Waals surface area contributed by atoms with Crippen LogP contribution in [0.2, 0.25) is 5.02 Å². The Labute approximate surface area is 117 Å². The van der Waals surface area contributed by atoms with Crippen molar-refractivity contribution in [2.75, 3.05) is 6.61 Å². The monoisotopic (exact) mass is 368 g/mol. The summed E-state index contributed by atoms with van der Waals surface area (Å²) in [6.45, 7) is 2.18. The van der Waals surface area contributed by atoms with Gasteiger partial charge in [0.25, 0.3) is 0 Å². The molecule has 0 atom stereocenters. The number of alkyl halides is 1. The molecule has 0 radical (unpaired) electrons. The number of carbonyl (C=O) groups is 1. The highest BCUT2D eigenvalue weighted by molar-refractivity contribution is 9.10. The second-order valence-electron chi connectivity index (χ2n) is 3.14. The first kappa shape index (κ1) is 14.0. The Morgan fingerprint density at radius 2 is 2.19 bits per heavy atom. The summed E-state index contributed by atoms with van der Waals surface area (Å²) in [7, 11) is 0. The highest BCUT2D eigenvalue weighted by Gasteiger charge is 2.12. The molecule has 1 aromatic carbocycles. The smallest absolute Gasteiger partial charge is 0.310 e. The van der Waals surface area contributed by atoms with Gasteiger partial charge < -0.3 is 4.74 Å². The third kappa shape index (κ3) is 3.75. The average Bonchev–Trinajstić information content (AvgIpc) is 2.17. The fourth-order valence-corrected chi connectivity index (χ4v) is 3.10. The van der Waals surface area contributed by atoms with Crippen LogP contribution in [0.5, 0.6) is 0 Å². The van der Waals surface area contributed by atoms with Crippen LogP contribution in [0, 0.1) is 0 Å². The fourth-order valence-electron chi connectivity index (χ4n) is 1.33. The van der Waals surface area contributed by atoms with Crippen LogP contribution in [-0.2, 0) is 21.3 Å². The van der Waals surface area contributed by atoms with E-state index in [0.29, 0.717) is 17.0 Å². The van der Waals surface area contributed by atoms with Crippen molar-refractivity contribution in [3.63, 3.8) is 0 Å². The van der Waals surface area contributed by atoms with E-state index >= 15 is 0 Å². The Kier molecular flexibility index (Phi) is 5.79. The predicted molar refractivity (Wildman–Crippen MR) is 72.1 cm³/mol. The summed E-state index contributed by atoms with van der Waals surface area (Å²) in [5.41, 5.74) is 1.81. The molecule has 0 aromatic heterocycles. The van der Waals surface area contributed by atoms with Crippen LogP contribution < -0.4 is 0 Å². The van der Waals surface area contributed by atoms with Gasteiger partial charge in [0, 0.05) is 14.8 Å². The number of hydrogen-bond donors (Lipinski definition) is 0. The minimum Gasteiger partial charge on any atom is -0.466 e. The third-order valence-corrected chi connectivity index (χ3v) is 3.38. The molecule has 0 amide bonds. The van der Waals surface area contributed by atoms with Crippen molar-refractivity contribution in [3.05, 3.63) is 32.8 Å². The van der Waals surface area contributed by atoms with E-state index in [4.69, 9.17) is 16.3 Å². The van der Waals surface area contributed by atoms with Crippen molar-refractivity contribution >= 4 is 49.4 Å². The zero-order valence-electron chi connectivity index (χ0n) is 8.73. The summed E-state index contributed by atoms with van der Waals surface area (Å²) in [5.74, 6) is -0.237. The third-order valence-electron chi connectivity index (χ3n) is 2.03. The van der Waals surface area contributed by atoms with E-state index in [-0.39, 0.29) is 12.4 Å². The molecule has 0 unspecified atom stereocenters. The molecule has 16 heavy (non-hydrogen) atoms. The zero-order chi connectivity index (χ0) is 12.1. The summed E-state index contributed by atoms with van der Waals surface area (Å²) in [5, 5.41) is 1.26. The Bertz CT molecular complexity index is 394. The van der Waals surface area contributed by atoms with E-state index in [1.165, 1.54) is 0 Å². The van der Waals surface area contributed by atoms with Crippen molar-refractivity contribution < 1.29 is 9.53 Å². The SMILES string of the molecule is CCOC(=O)Cc1cc(Br)cc(Cl)c1CBr. The minimum atomic E-state index is -0.237. The summed E-state index contributed by atoms with van der Waals surface area (Å²) in [6.07, 6.45) is 0.244. The number of halogens is 3. The molecule has 0 aliphatic rings. The van der Waals surface area contributed by atoms with Crippen LogP contribution in [0.25, 0.3) is 0 Å². The van der Waals surface area contributed by atoms with Gasteiger partial charge in [0.15, 0.2) is 0 Å². The molecule has 0 N–H and O–H groups in total. The summed E-state index contributed by atoms with van der Waals surface area (Å²) >= 11 is 12.8. The van der Waals surface area contributed by atoms with E-state index in [0.717, 1.165) is 15.6 Å². The van der Waals surface area contributed by atoms with Crippen LogP contribution in [0.3, 0.4) is 0 Å². The molecule has 88 valence electrons. The number of benzene rings is 1. The molecule has 1 aromatic rings. The molecule has 0 fully saturated rings. The van der Waals surface area contributed by atoms with Crippen LogP contribution in [0.1, 0.15) is 18.1 Å². The summed E-state index contributed by atoms with van der Waals surface area (Å²) in [6, 6.07) is 3.70. The van der Waals surface area contributed by atoms with E-state index in [2.05, 4.69) is 31.9 Å². The molecule has 2 nitrogen and oxygen atoms in total. The topological polar surface area (TPSA) is 26.3 Å². The number of rotatable bonds is 4. The van der Waals surface area contributed by atoms with Gasteiger partial charge >= 0.3 is 5.97 Å². The van der Waals surface area contributed by atoms with E-state index < -0.39 is 0 Å². The first-order chi connectivity index (χ1) is 7.58. The molecule has 5 heteroatoms. The minimum absolute atomic E-state index is 0.237. The van der Waals surface area contributed by atoms with Gasteiger partial charge in [-0.25, -0.2) is 0 Å². The largest absolute Gasteiger partial charge is 0.466 e. The lowest BCUT2D eigenvalue weighted by Gasteiger charge is -2.09. The first-order valence-electron chi connectivity index (χ1n) is 4.76. The lowest BCUT2D eigenvalue weighted by Crippen LogP contribution is -2.09. The highest BCUT2D eigenvalue weighted by atomic mass is 79.9. The van der Waals surface area contributed by atoms with E-state index in [1.807, 2.05) is 12.1 Å². The van der Waals surface area contributed by atoms with Crippen LogP contribution in [0.4, 0.5) is 0 Å². The molecule has 0 aliphatic carbocycles. The molecule has 0 saturated heterocycles. The van der Waals surface area contributed by atoms with Crippen molar-refractivity contribution in [1.29, 1.82) is 0 Å². The summed E-state index contributed by atoms with van der Waals surface area (Å²) in [4.78, 5) is 11.4. The predicted octanol–water partition coefficient (Wildman–Crippen LogP) is 4.10. The van der Waals surface area contributed by atoms with Crippen molar-refractivity contribution in [1.82, 2.24) is 0 Å². The van der Waals surface area contributed by atoms with E-state index in [1.54, 1.807) is 6.92 Å². The quantitative estimate of drug-likeness (QED) is 0.589. The fraction of sp³-hybridized carbons (Fsp3) is 0.364. The number of ether oxygens (including phenoxy) is 1. The van der Waals surface area contributed by atoms with Crippen molar-refractivity contribution in [2.24, 2.45) is 0 Å². The Morgan fingerprint density at radius 3 is 2.75 bits per heavy atom. The second-order valence-corrected chi connectivity index (χ2v) is 5.02. The van der Waals surface area contributed by atoms with Crippen molar-refractivity contribution in [3.8, 4) is 0 Å². The van der Waals surface area contributed by atoms with Gasteiger partial charge in [0.2, 0.25) is 0 Å². The lowest BCUT2D eigenvalue weighted by atomic mass is 10.1. The molecule has 1 rings (SSSR count). The van der Waals surface area contributed by atoms with Gasteiger partial charge in [-0.3, -0.25) is 4.79 Å². The second kappa shape index (κ2) is 6.62. The molecular formula is C11H11Br2ClO2. The zero-order valence-corrected chi connectivity index (χ0v) is 12.7. The molecule has 0 heterocycles. The lowest BCUT2D eigenvalue weighted by molar-refractivity contribution is -0.142. The number of carbonyl (C=O) groups excluding carboxylic acids is 1. The average molecular weight is 370 g/mol. The number of hydrogen-bond acceptors (Lipinski definition) is 2. The highest BCUT2D eigenvalue weighted by Crippen LogP contribution is 2.28. The van der Waals surface area contributed by atoms with Gasteiger partial charge in [0.05, 0.1) is 13.0 Å². The maximum absolute atomic E-state index is 11.4. The molecular weight excluding hydrogens is 359 g/mol. The molecule has 0 saturated carbocycles. The Balaban J connectivity index is 2.97.